The van der Waals surface area contributed by atoms with Gasteiger partial charge in [0, 0.05) is 29.9 Å². The third kappa shape index (κ3) is 5.27. The standard InChI is InChI=1S/C17H19ClN2O4S/c1-12-11-14(18)5-8-16(12)20-17(21)13-3-6-15(7-4-13)25(22,23)19-9-10-24-2/h3-8,11,19H,9-10H2,1-2H3,(H,20,21). The van der Waals surface area contributed by atoms with E-state index >= 15 is 0 Å². The van der Waals surface area contributed by atoms with Crippen LogP contribution in [0.5, 0.6) is 0 Å². The number of halogens is 1. The number of aryl methyl sites for hydroxylation is 1. The summed E-state index contributed by atoms with van der Waals surface area (Å²) in [4.78, 5) is 12.4. The van der Waals surface area contributed by atoms with E-state index in [1.54, 1.807) is 18.2 Å². The smallest absolute Gasteiger partial charge is 0.255 e. The monoisotopic (exact) mass is 382 g/mol. The molecule has 0 fully saturated rings. The Morgan fingerprint density at radius 1 is 1.16 bits per heavy atom. The average molecular weight is 383 g/mol. The maximum Gasteiger partial charge on any atom is 0.255 e. The van der Waals surface area contributed by atoms with Crippen LogP contribution in [0.1, 0.15) is 15.9 Å². The van der Waals surface area contributed by atoms with Crippen molar-refractivity contribution >= 4 is 33.2 Å². The molecular formula is C17H19ClN2O4S. The SMILES string of the molecule is COCCNS(=O)(=O)c1ccc(C(=O)Nc2ccc(Cl)cc2C)cc1. The van der Waals surface area contributed by atoms with Gasteiger partial charge in [-0.1, -0.05) is 11.6 Å². The second kappa shape index (κ2) is 8.44. The fourth-order valence-electron chi connectivity index (χ4n) is 2.11. The lowest BCUT2D eigenvalue weighted by Crippen LogP contribution is -2.27. The zero-order chi connectivity index (χ0) is 18.4. The quantitative estimate of drug-likeness (QED) is 0.721. The fourth-order valence-corrected chi connectivity index (χ4v) is 3.35. The molecule has 25 heavy (non-hydrogen) atoms. The maximum absolute atomic E-state index is 12.3. The molecule has 0 aromatic heterocycles. The molecule has 0 saturated heterocycles. The highest BCUT2D eigenvalue weighted by Crippen LogP contribution is 2.20. The average Bonchev–Trinajstić information content (AvgIpc) is 2.57. The summed E-state index contributed by atoms with van der Waals surface area (Å²) in [6.45, 7) is 2.29. The number of nitrogens with one attached hydrogen (secondary N) is 2. The van der Waals surface area contributed by atoms with Crippen LogP contribution in [-0.2, 0) is 14.8 Å². The molecule has 0 unspecified atom stereocenters. The van der Waals surface area contributed by atoms with Crippen molar-refractivity contribution in [2.24, 2.45) is 0 Å². The van der Waals surface area contributed by atoms with E-state index in [1.165, 1.54) is 31.4 Å². The van der Waals surface area contributed by atoms with Gasteiger partial charge in [-0.2, -0.15) is 0 Å². The van der Waals surface area contributed by atoms with Crippen molar-refractivity contribution in [3.8, 4) is 0 Å². The van der Waals surface area contributed by atoms with Gasteiger partial charge in [-0.15, -0.1) is 0 Å². The molecule has 2 aromatic rings. The van der Waals surface area contributed by atoms with Crippen LogP contribution in [0.4, 0.5) is 5.69 Å². The van der Waals surface area contributed by atoms with Crippen LogP contribution < -0.4 is 10.0 Å². The number of anilines is 1. The minimum Gasteiger partial charge on any atom is -0.383 e. The summed E-state index contributed by atoms with van der Waals surface area (Å²) in [5.74, 6) is -0.332. The van der Waals surface area contributed by atoms with Crippen molar-refractivity contribution in [2.75, 3.05) is 25.6 Å². The van der Waals surface area contributed by atoms with Crippen molar-refractivity contribution in [1.82, 2.24) is 4.72 Å². The minimum absolute atomic E-state index is 0.0860. The third-order valence-electron chi connectivity index (χ3n) is 3.46. The highest BCUT2D eigenvalue weighted by Gasteiger charge is 2.15. The summed E-state index contributed by atoms with van der Waals surface area (Å²) >= 11 is 5.89. The van der Waals surface area contributed by atoms with Crippen LogP contribution in [0, 0.1) is 6.92 Å². The van der Waals surface area contributed by atoms with Crippen molar-refractivity contribution in [2.45, 2.75) is 11.8 Å². The van der Waals surface area contributed by atoms with Gasteiger partial charge < -0.3 is 10.1 Å². The number of hydrogen-bond donors (Lipinski definition) is 2. The fraction of sp³-hybridized carbons (Fsp3) is 0.235. The van der Waals surface area contributed by atoms with E-state index in [0.29, 0.717) is 16.3 Å². The Kier molecular flexibility index (Phi) is 6.55. The molecule has 0 aliphatic rings. The van der Waals surface area contributed by atoms with Crippen LogP contribution in [-0.4, -0.2) is 34.6 Å². The number of hydrogen-bond acceptors (Lipinski definition) is 4. The van der Waals surface area contributed by atoms with Crippen LogP contribution in [0.15, 0.2) is 47.4 Å². The van der Waals surface area contributed by atoms with E-state index in [0.717, 1.165) is 5.56 Å². The third-order valence-corrected chi connectivity index (χ3v) is 5.17. The maximum atomic E-state index is 12.3. The Balaban J connectivity index is 2.09. The molecule has 0 aliphatic carbocycles. The molecule has 0 saturated carbocycles. The zero-order valence-electron chi connectivity index (χ0n) is 13.9. The second-order valence-corrected chi connectivity index (χ2v) is 7.53. The van der Waals surface area contributed by atoms with E-state index in [2.05, 4.69) is 10.0 Å². The summed E-state index contributed by atoms with van der Waals surface area (Å²) in [7, 11) is -2.13. The molecule has 0 atom stereocenters. The number of carbonyl (C=O) groups excluding carboxylic acids is 1. The molecule has 2 aromatic carbocycles. The summed E-state index contributed by atoms with van der Waals surface area (Å²) in [6, 6.07) is 10.9. The molecule has 0 radical (unpaired) electrons. The summed E-state index contributed by atoms with van der Waals surface area (Å²) in [6.07, 6.45) is 0. The Labute approximate surface area is 152 Å². The Hall–Kier alpha value is -1.93. The highest BCUT2D eigenvalue weighted by molar-refractivity contribution is 7.89. The molecule has 2 N–H and O–H groups in total. The van der Waals surface area contributed by atoms with Gasteiger partial charge in [-0.05, 0) is 55.0 Å². The van der Waals surface area contributed by atoms with Gasteiger partial charge in [0.05, 0.1) is 11.5 Å². The van der Waals surface area contributed by atoms with E-state index in [-0.39, 0.29) is 24.0 Å². The highest BCUT2D eigenvalue weighted by atomic mass is 35.5. The first kappa shape index (κ1) is 19.4. The van der Waals surface area contributed by atoms with Gasteiger partial charge in [0.1, 0.15) is 0 Å². The van der Waals surface area contributed by atoms with E-state index in [4.69, 9.17) is 16.3 Å². The van der Waals surface area contributed by atoms with Gasteiger partial charge in [0.2, 0.25) is 10.0 Å². The number of benzene rings is 2. The van der Waals surface area contributed by atoms with Crippen molar-refractivity contribution in [3.05, 3.63) is 58.6 Å². The van der Waals surface area contributed by atoms with Crippen LogP contribution in [0.25, 0.3) is 0 Å². The number of carbonyl (C=O) groups is 1. The zero-order valence-corrected chi connectivity index (χ0v) is 15.4. The minimum atomic E-state index is -3.62. The first-order valence-corrected chi connectivity index (χ1v) is 9.36. The van der Waals surface area contributed by atoms with Crippen molar-refractivity contribution in [3.63, 3.8) is 0 Å². The first-order valence-electron chi connectivity index (χ1n) is 7.49. The predicted octanol–water partition coefficient (Wildman–Crippen LogP) is 2.83. The molecule has 1 amide bonds. The molecule has 8 heteroatoms. The summed E-state index contributed by atoms with van der Waals surface area (Å²) in [5, 5.41) is 3.36. The molecule has 2 rings (SSSR count). The number of amides is 1. The molecule has 6 nitrogen and oxygen atoms in total. The molecule has 0 spiro atoms. The van der Waals surface area contributed by atoms with E-state index in [1.807, 2.05) is 6.92 Å². The molecular weight excluding hydrogens is 364 g/mol. The predicted molar refractivity (Wildman–Crippen MR) is 97.6 cm³/mol. The van der Waals surface area contributed by atoms with E-state index < -0.39 is 10.0 Å². The van der Waals surface area contributed by atoms with E-state index in [9.17, 15) is 13.2 Å². The van der Waals surface area contributed by atoms with Gasteiger partial charge in [-0.25, -0.2) is 13.1 Å². The van der Waals surface area contributed by atoms with Crippen LogP contribution in [0.3, 0.4) is 0 Å². The largest absolute Gasteiger partial charge is 0.383 e. The Morgan fingerprint density at radius 3 is 2.44 bits per heavy atom. The summed E-state index contributed by atoms with van der Waals surface area (Å²) < 4.78 is 31.4. The van der Waals surface area contributed by atoms with Gasteiger partial charge in [-0.3, -0.25) is 4.79 Å². The lowest BCUT2D eigenvalue weighted by atomic mass is 10.1. The van der Waals surface area contributed by atoms with Crippen molar-refractivity contribution < 1.29 is 17.9 Å². The van der Waals surface area contributed by atoms with Gasteiger partial charge in [0.15, 0.2) is 0 Å². The number of methoxy groups -OCH3 is 1. The number of sulfonamides is 1. The Morgan fingerprint density at radius 2 is 1.84 bits per heavy atom. The second-order valence-electron chi connectivity index (χ2n) is 5.33. The molecule has 0 aliphatic heterocycles. The molecule has 0 heterocycles. The number of rotatable bonds is 7. The lowest BCUT2D eigenvalue weighted by molar-refractivity contribution is 0.102. The lowest BCUT2D eigenvalue weighted by Gasteiger charge is -2.10. The van der Waals surface area contributed by atoms with Crippen LogP contribution in [0.2, 0.25) is 5.02 Å². The molecule has 0 bridgehead atoms. The van der Waals surface area contributed by atoms with Crippen LogP contribution >= 0.6 is 11.6 Å². The topological polar surface area (TPSA) is 84.5 Å². The van der Waals surface area contributed by atoms with Gasteiger partial charge >= 0.3 is 0 Å². The Bertz CT molecular complexity index is 851. The summed E-state index contributed by atoms with van der Waals surface area (Å²) in [5.41, 5.74) is 1.83. The van der Waals surface area contributed by atoms with Gasteiger partial charge in [0.25, 0.3) is 5.91 Å². The molecule has 134 valence electrons. The normalized spacial score (nSPS) is 11.3. The number of ether oxygens (including phenoxy) is 1. The first-order chi connectivity index (χ1) is 11.8. The van der Waals surface area contributed by atoms with Crippen molar-refractivity contribution in [1.29, 1.82) is 0 Å².